The molecule has 0 aromatic heterocycles. The number of nitrogens with zero attached hydrogens (tertiary/aromatic N) is 2. The van der Waals surface area contributed by atoms with Gasteiger partial charge in [0.1, 0.15) is 13.1 Å². The minimum absolute atomic E-state index is 0.490. The second-order valence-electron chi connectivity index (χ2n) is 5.44. The summed E-state index contributed by atoms with van der Waals surface area (Å²) in [5.41, 5.74) is 0.490. The predicted octanol–water partition coefficient (Wildman–Crippen LogP) is 2.19. The predicted molar refractivity (Wildman–Crippen MR) is 62.0 cm³/mol. The molecule has 14 heavy (non-hydrogen) atoms. The van der Waals surface area contributed by atoms with Gasteiger partial charge in [-0.3, -0.25) is 9.48 Å². The van der Waals surface area contributed by atoms with Crippen LogP contribution in [0.15, 0.2) is 0 Å². The third kappa shape index (κ3) is 4.12. The van der Waals surface area contributed by atoms with Crippen LogP contribution in [0.3, 0.4) is 0 Å². The van der Waals surface area contributed by atoms with Crippen molar-refractivity contribution < 1.29 is 4.58 Å². The Kier molecular flexibility index (Phi) is 3.97. The Hall–Kier alpha value is -0.530. The monoisotopic (exact) mass is 197 g/mol. The molecule has 0 unspecified atom stereocenters. The highest BCUT2D eigenvalue weighted by Crippen LogP contribution is 2.20. The molecule has 0 amide bonds. The Morgan fingerprint density at radius 3 is 2.57 bits per heavy atom. The van der Waals surface area contributed by atoms with Gasteiger partial charge in [-0.1, -0.05) is 20.8 Å². The van der Waals surface area contributed by atoms with Crippen molar-refractivity contribution in [3.63, 3.8) is 0 Å². The summed E-state index contributed by atoms with van der Waals surface area (Å²) in [5.74, 6) is 0. The standard InChI is InChI=1S/C12H25N2/c1-5-13-9-10-14(11-13)8-6-7-12(2,3)4/h11H,5-10H2,1-4H3/q+1. The van der Waals surface area contributed by atoms with Crippen LogP contribution in [0.2, 0.25) is 0 Å². The minimum Gasteiger partial charge on any atom is -0.265 e. The number of hydrogen-bond donors (Lipinski definition) is 0. The lowest BCUT2D eigenvalue weighted by molar-refractivity contribution is -0.514. The molecular formula is C12H25N2+. The van der Waals surface area contributed by atoms with E-state index in [1.165, 1.54) is 32.5 Å². The average Bonchev–Trinajstić information content (AvgIpc) is 2.50. The SMILES string of the molecule is CCN1C=[N+](CCCC(C)(C)C)CC1. The first-order valence-corrected chi connectivity index (χ1v) is 5.84. The summed E-state index contributed by atoms with van der Waals surface area (Å²) in [6, 6.07) is 0. The van der Waals surface area contributed by atoms with Crippen molar-refractivity contribution in [2.45, 2.75) is 40.5 Å². The van der Waals surface area contributed by atoms with Crippen molar-refractivity contribution in [1.82, 2.24) is 4.90 Å². The Morgan fingerprint density at radius 1 is 1.36 bits per heavy atom. The van der Waals surface area contributed by atoms with Crippen LogP contribution < -0.4 is 0 Å². The van der Waals surface area contributed by atoms with E-state index in [9.17, 15) is 0 Å². The molecule has 0 N–H and O–H groups in total. The first-order chi connectivity index (χ1) is 6.51. The van der Waals surface area contributed by atoms with Gasteiger partial charge in [0.15, 0.2) is 0 Å². The second-order valence-corrected chi connectivity index (χ2v) is 5.44. The molecule has 0 fully saturated rings. The van der Waals surface area contributed by atoms with E-state index in [-0.39, 0.29) is 0 Å². The van der Waals surface area contributed by atoms with Crippen LogP contribution in [0.4, 0.5) is 0 Å². The van der Waals surface area contributed by atoms with Gasteiger partial charge in [0, 0.05) is 0 Å². The summed E-state index contributed by atoms with van der Waals surface area (Å²) < 4.78 is 2.45. The quantitative estimate of drug-likeness (QED) is 0.626. The Labute approximate surface area is 88.6 Å². The molecule has 0 spiro atoms. The highest BCUT2D eigenvalue weighted by molar-refractivity contribution is 5.50. The van der Waals surface area contributed by atoms with E-state index in [2.05, 4.69) is 43.5 Å². The van der Waals surface area contributed by atoms with Gasteiger partial charge in [0.2, 0.25) is 6.34 Å². The van der Waals surface area contributed by atoms with Crippen molar-refractivity contribution in [2.24, 2.45) is 5.41 Å². The van der Waals surface area contributed by atoms with Gasteiger partial charge in [-0.2, -0.15) is 0 Å². The second kappa shape index (κ2) is 4.81. The van der Waals surface area contributed by atoms with Crippen LogP contribution in [-0.2, 0) is 0 Å². The molecule has 82 valence electrons. The molecule has 0 bridgehead atoms. The minimum atomic E-state index is 0.490. The van der Waals surface area contributed by atoms with Gasteiger partial charge >= 0.3 is 0 Å². The maximum absolute atomic E-state index is 2.45. The lowest BCUT2D eigenvalue weighted by Gasteiger charge is -2.17. The average molecular weight is 197 g/mol. The number of rotatable bonds is 4. The van der Waals surface area contributed by atoms with Crippen LogP contribution in [0.1, 0.15) is 40.5 Å². The van der Waals surface area contributed by atoms with Gasteiger partial charge in [-0.25, -0.2) is 0 Å². The molecule has 2 nitrogen and oxygen atoms in total. The molecule has 2 heteroatoms. The normalized spacial score (nSPS) is 17.4. The van der Waals surface area contributed by atoms with E-state index < -0.39 is 0 Å². The summed E-state index contributed by atoms with van der Waals surface area (Å²) in [7, 11) is 0. The molecule has 0 radical (unpaired) electrons. The van der Waals surface area contributed by atoms with Crippen LogP contribution in [0.25, 0.3) is 0 Å². The maximum atomic E-state index is 2.45. The maximum Gasteiger partial charge on any atom is 0.234 e. The lowest BCUT2D eigenvalue weighted by Crippen LogP contribution is -2.18. The Morgan fingerprint density at radius 2 is 2.07 bits per heavy atom. The van der Waals surface area contributed by atoms with Gasteiger partial charge < -0.3 is 0 Å². The van der Waals surface area contributed by atoms with Crippen molar-refractivity contribution in [1.29, 1.82) is 0 Å². The van der Waals surface area contributed by atoms with E-state index in [4.69, 9.17) is 0 Å². The Bertz CT molecular complexity index is 201. The fourth-order valence-electron chi connectivity index (χ4n) is 1.83. The molecule has 0 saturated heterocycles. The topological polar surface area (TPSA) is 6.25 Å². The summed E-state index contributed by atoms with van der Waals surface area (Å²) in [5, 5.41) is 0. The Balaban J connectivity index is 2.20. The summed E-state index contributed by atoms with van der Waals surface area (Å²) in [4.78, 5) is 2.39. The molecule has 0 aromatic rings. The van der Waals surface area contributed by atoms with E-state index in [1.54, 1.807) is 0 Å². The van der Waals surface area contributed by atoms with E-state index in [0.29, 0.717) is 5.41 Å². The van der Waals surface area contributed by atoms with Crippen LogP contribution in [0.5, 0.6) is 0 Å². The molecule has 1 aliphatic heterocycles. The third-order valence-electron chi connectivity index (χ3n) is 2.78. The van der Waals surface area contributed by atoms with Gasteiger partial charge in [0.25, 0.3) is 0 Å². The third-order valence-corrected chi connectivity index (χ3v) is 2.78. The first-order valence-electron chi connectivity index (χ1n) is 5.84. The van der Waals surface area contributed by atoms with Crippen molar-refractivity contribution in [3.8, 4) is 0 Å². The zero-order chi connectivity index (χ0) is 10.6. The van der Waals surface area contributed by atoms with Crippen LogP contribution in [0, 0.1) is 5.41 Å². The highest BCUT2D eigenvalue weighted by Gasteiger charge is 2.17. The molecule has 0 aromatic carbocycles. The van der Waals surface area contributed by atoms with E-state index in [1.807, 2.05) is 0 Å². The zero-order valence-corrected chi connectivity index (χ0v) is 10.2. The number of hydrogen-bond acceptors (Lipinski definition) is 1. The largest absolute Gasteiger partial charge is 0.265 e. The van der Waals surface area contributed by atoms with E-state index in [0.717, 1.165) is 6.54 Å². The summed E-state index contributed by atoms with van der Waals surface area (Å²) in [6.45, 7) is 14.0. The lowest BCUT2D eigenvalue weighted by atomic mass is 9.91. The molecule has 0 atom stereocenters. The van der Waals surface area contributed by atoms with Crippen molar-refractivity contribution in [3.05, 3.63) is 0 Å². The van der Waals surface area contributed by atoms with Gasteiger partial charge in [-0.05, 0) is 25.2 Å². The van der Waals surface area contributed by atoms with Crippen molar-refractivity contribution in [2.75, 3.05) is 26.2 Å². The van der Waals surface area contributed by atoms with Crippen LogP contribution in [-0.4, -0.2) is 42.0 Å². The summed E-state index contributed by atoms with van der Waals surface area (Å²) in [6.07, 6.45) is 4.93. The van der Waals surface area contributed by atoms with Crippen molar-refractivity contribution >= 4 is 6.34 Å². The molecule has 0 saturated carbocycles. The van der Waals surface area contributed by atoms with E-state index >= 15 is 0 Å². The highest BCUT2D eigenvalue weighted by atomic mass is 15.3. The first kappa shape index (κ1) is 11.5. The molecule has 1 aliphatic rings. The van der Waals surface area contributed by atoms with Gasteiger partial charge in [-0.15, -0.1) is 0 Å². The molecule has 1 rings (SSSR count). The fourth-order valence-corrected chi connectivity index (χ4v) is 1.83. The summed E-state index contributed by atoms with van der Waals surface area (Å²) >= 11 is 0. The van der Waals surface area contributed by atoms with Crippen LogP contribution >= 0.6 is 0 Å². The smallest absolute Gasteiger partial charge is 0.234 e. The molecule has 0 aliphatic carbocycles. The zero-order valence-electron chi connectivity index (χ0n) is 10.2. The molecule has 1 heterocycles. The van der Waals surface area contributed by atoms with Gasteiger partial charge in [0.05, 0.1) is 13.1 Å². The number of likely N-dealkylation sites (N-methyl/N-ethyl adjacent to an activating group) is 1. The fraction of sp³-hybridized carbons (Fsp3) is 0.917. The molecular weight excluding hydrogens is 172 g/mol.